The normalized spacial score (nSPS) is 18.1. The van der Waals surface area contributed by atoms with E-state index in [9.17, 15) is 10.1 Å². The number of rotatable bonds is 3. The van der Waals surface area contributed by atoms with E-state index in [-0.39, 0.29) is 10.6 Å². The van der Waals surface area contributed by atoms with Crippen LogP contribution in [0.15, 0.2) is 42.5 Å². The Morgan fingerprint density at radius 3 is 2.90 bits per heavy atom. The summed E-state index contributed by atoms with van der Waals surface area (Å²) in [5, 5.41) is 14.9. The zero-order valence-electron chi connectivity index (χ0n) is 11.0. The van der Waals surface area contributed by atoms with Crippen molar-refractivity contribution in [1.29, 1.82) is 0 Å². The Kier molecular flexibility index (Phi) is 3.33. The predicted molar refractivity (Wildman–Crippen MR) is 78.8 cm³/mol. The first kappa shape index (κ1) is 12.6. The quantitative estimate of drug-likeness (QED) is 0.524. The maximum absolute atomic E-state index is 10.7. The van der Waals surface area contributed by atoms with Gasteiger partial charge in [0.15, 0.2) is 0 Å². The molecule has 0 fully saturated rings. The van der Waals surface area contributed by atoms with E-state index in [2.05, 4.69) is 22.5 Å². The van der Waals surface area contributed by atoms with Crippen molar-refractivity contribution in [2.45, 2.75) is 25.3 Å². The highest BCUT2D eigenvalue weighted by Gasteiger charge is 2.11. The van der Waals surface area contributed by atoms with Crippen LogP contribution in [0.1, 0.15) is 19.3 Å². The number of aromatic nitrogens is 1. The molecule has 20 heavy (non-hydrogen) atoms. The Balaban J connectivity index is 1.85. The van der Waals surface area contributed by atoms with Crippen LogP contribution in [0, 0.1) is 10.1 Å². The molecule has 1 unspecified atom stereocenters. The molecule has 0 spiro atoms. The first-order valence-corrected chi connectivity index (χ1v) is 6.69. The van der Waals surface area contributed by atoms with Gasteiger partial charge in [-0.3, -0.25) is 10.1 Å². The first-order chi connectivity index (χ1) is 9.72. The number of hydrogen-bond donors (Lipinski definition) is 1. The van der Waals surface area contributed by atoms with Crippen molar-refractivity contribution < 1.29 is 4.92 Å². The van der Waals surface area contributed by atoms with E-state index < -0.39 is 0 Å². The maximum atomic E-state index is 10.7. The summed E-state index contributed by atoms with van der Waals surface area (Å²) in [5.41, 5.74) is 0.865. The van der Waals surface area contributed by atoms with E-state index in [0.29, 0.717) is 6.04 Å². The van der Waals surface area contributed by atoms with Gasteiger partial charge in [0.2, 0.25) is 0 Å². The van der Waals surface area contributed by atoms with E-state index in [1.54, 1.807) is 12.1 Å². The number of non-ortho nitro benzene ring substituents is 1. The van der Waals surface area contributed by atoms with Gasteiger partial charge in [-0.2, -0.15) is 0 Å². The number of anilines is 1. The number of allylic oxidation sites excluding steroid dienone is 1. The zero-order valence-corrected chi connectivity index (χ0v) is 11.0. The van der Waals surface area contributed by atoms with E-state index in [0.717, 1.165) is 36.0 Å². The van der Waals surface area contributed by atoms with Crippen LogP contribution in [0.25, 0.3) is 10.9 Å². The van der Waals surface area contributed by atoms with E-state index in [4.69, 9.17) is 0 Å². The van der Waals surface area contributed by atoms with Crippen LogP contribution in [0.3, 0.4) is 0 Å². The van der Waals surface area contributed by atoms with Gasteiger partial charge in [-0.25, -0.2) is 4.98 Å². The van der Waals surface area contributed by atoms with Gasteiger partial charge in [0.1, 0.15) is 5.82 Å². The van der Waals surface area contributed by atoms with Crippen molar-refractivity contribution in [1.82, 2.24) is 4.98 Å². The number of hydrogen-bond acceptors (Lipinski definition) is 4. The van der Waals surface area contributed by atoms with E-state index >= 15 is 0 Å². The monoisotopic (exact) mass is 269 g/mol. The third kappa shape index (κ3) is 2.61. The third-order valence-electron chi connectivity index (χ3n) is 3.50. The summed E-state index contributed by atoms with van der Waals surface area (Å²) in [4.78, 5) is 14.9. The molecule has 0 amide bonds. The molecule has 1 aliphatic rings. The molecule has 1 aromatic carbocycles. The number of nitrogens with one attached hydrogen (secondary N) is 1. The molecule has 1 heterocycles. The molecule has 1 atom stereocenters. The molecular weight excluding hydrogens is 254 g/mol. The van der Waals surface area contributed by atoms with Crippen molar-refractivity contribution in [2.75, 3.05) is 5.32 Å². The van der Waals surface area contributed by atoms with E-state index in [1.165, 1.54) is 6.07 Å². The summed E-state index contributed by atoms with van der Waals surface area (Å²) in [6, 6.07) is 8.90. The summed E-state index contributed by atoms with van der Waals surface area (Å²) >= 11 is 0. The number of fused-ring (bicyclic) bond motifs is 1. The zero-order chi connectivity index (χ0) is 13.9. The van der Waals surface area contributed by atoms with Gasteiger partial charge < -0.3 is 5.32 Å². The summed E-state index contributed by atoms with van der Waals surface area (Å²) < 4.78 is 0. The minimum atomic E-state index is -0.389. The Labute approximate surface area is 116 Å². The third-order valence-corrected chi connectivity index (χ3v) is 3.50. The van der Waals surface area contributed by atoms with Crippen LogP contribution in [-0.4, -0.2) is 15.9 Å². The minimum Gasteiger partial charge on any atom is -0.367 e. The Morgan fingerprint density at radius 2 is 2.15 bits per heavy atom. The predicted octanol–water partition coefficient (Wildman–Crippen LogP) is 3.66. The van der Waals surface area contributed by atoms with Gasteiger partial charge >= 0.3 is 0 Å². The maximum Gasteiger partial charge on any atom is 0.270 e. The summed E-state index contributed by atoms with van der Waals surface area (Å²) in [6.07, 6.45) is 7.60. The van der Waals surface area contributed by atoms with Crippen LogP contribution in [-0.2, 0) is 0 Å². The average molecular weight is 269 g/mol. The second-order valence-corrected chi connectivity index (χ2v) is 4.96. The van der Waals surface area contributed by atoms with Gasteiger partial charge in [0.05, 0.1) is 10.4 Å². The number of nitro groups is 1. The van der Waals surface area contributed by atoms with Crippen LogP contribution in [0.2, 0.25) is 0 Å². The summed E-state index contributed by atoms with van der Waals surface area (Å²) in [7, 11) is 0. The molecule has 0 radical (unpaired) electrons. The first-order valence-electron chi connectivity index (χ1n) is 6.69. The smallest absolute Gasteiger partial charge is 0.270 e. The molecule has 5 heteroatoms. The van der Waals surface area contributed by atoms with E-state index in [1.807, 2.05) is 12.1 Å². The molecule has 0 aliphatic heterocycles. The van der Waals surface area contributed by atoms with Gasteiger partial charge in [-0.15, -0.1) is 0 Å². The number of pyridine rings is 1. The lowest BCUT2D eigenvalue weighted by atomic mass is 10.0. The fraction of sp³-hybridized carbons (Fsp3) is 0.267. The Morgan fingerprint density at radius 1 is 1.25 bits per heavy atom. The topological polar surface area (TPSA) is 68.1 Å². The second kappa shape index (κ2) is 5.28. The number of benzene rings is 1. The molecular formula is C15H15N3O2. The van der Waals surface area contributed by atoms with Crippen molar-refractivity contribution in [3.8, 4) is 0 Å². The molecule has 102 valence electrons. The average Bonchev–Trinajstić information content (AvgIpc) is 2.47. The fourth-order valence-corrected chi connectivity index (χ4v) is 2.44. The minimum absolute atomic E-state index is 0.0948. The lowest BCUT2D eigenvalue weighted by molar-refractivity contribution is -0.384. The number of nitrogens with zero attached hydrogens (tertiary/aromatic N) is 2. The molecule has 0 saturated heterocycles. The molecule has 5 nitrogen and oxygen atoms in total. The largest absolute Gasteiger partial charge is 0.367 e. The molecule has 0 saturated carbocycles. The van der Waals surface area contributed by atoms with Crippen LogP contribution in [0.4, 0.5) is 11.5 Å². The van der Waals surface area contributed by atoms with Crippen molar-refractivity contribution in [2.24, 2.45) is 0 Å². The summed E-state index contributed by atoms with van der Waals surface area (Å²) in [5.74, 6) is 0.826. The van der Waals surface area contributed by atoms with Crippen LogP contribution >= 0.6 is 0 Å². The van der Waals surface area contributed by atoms with Gasteiger partial charge in [-0.1, -0.05) is 12.2 Å². The second-order valence-electron chi connectivity index (χ2n) is 4.96. The lowest BCUT2D eigenvalue weighted by Crippen LogP contribution is -2.20. The standard InChI is InChI=1S/C15H15N3O2/c19-18(20)13-7-8-14-11(10-13)6-9-15(17-14)16-12-4-2-1-3-5-12/h1-2,6-10,12H,3-5H2,(H,16,17). The van der Waals surface area contributed by atoms with Crippen molar-refractivity contribution >= 4 is 22.4 Å². The highest BCUT2D eigenvalue weighted by molar-refractivity contribution is 5.82. The highest BCUT2D eigenvalue weighted by Crippen LogP contribution is 2.22. The van der Waals surface area contributed by atoms with Gasteiger partial charge in [0.25, 0.3) is 5.69 Å². The molecule has 2 aromatic rings. The SMILES string of the molecule is O=[N+]([O-])c1ccc2nc(NC3CC=CCC3)ccc2c1. The molecule has 0 bridgehead atoms. The molecule has 1 aliphatic carbocycles. The lowest BCUT2D eigenvalue weighted by Gasteiger charge is -2.20. The Bertz CT molecular complexity index is 682. The van der Waals surface area contributed by atoms with Gasteiger partial charge in [0, 0.05) is 23.6 Å². The Hall–Kier alpha value is -2.43. The van der Waals surface area contributed by atoms with Crippen LogP contribution < -0.4 is 5.32 Å². The fourth-order valence-electron chi connectivity index (χ4n) is 2.44. The summed E-state index contributed by atoms with van der Waals surface area (Å²) in [6.45, 7) is 0. The van der Waals surface area contributed by atoms with Gasteiger partial charge in [-0.05, 0) is 37.5 Å². The highest BCUT2D eigenvalue weighted by atomic mass is 16.6. The molecule has 1 aromatic heterocycles. The number of nitro benzene ring substituents is 1. The van der Waals surface area contributed by atoms with Crippen molar-refractivity contribution in [3.63, 3.8) is 0 Å². The van der Waals surface area contributed by atoms with Crippen molar-refractivity contribution in [3.05, 3.63) is 52.6 Å². The molecule has 3 rings (SSSR count). The van der Waals surface area contributed by atoms with Crippen LogP contribution in [0.5, 0.6) is 0 Å². The molecule has 1 N–H and O–H groups in total.